The summed E-state index contributed by atoms with van der Waals surface area (Å²) < 4.78 is 22.8. The van der Waals surface area contributed by atoms with Crippen molar-refractivity contribution in [1.82, 2.24) is 0 Å². The molecule has 0 aromatic rings. The molecule has 2 rings (SSSR count). The third-order valence-electron chi connectivity index (χ3n) is 3.59. The summed E-state index contributed by atoms with van der Waals surface area (Å²) in [6.45, 7) is 4.66. The van der Waals surface area contributed by atoms with Crippen LogP contribution in [0.1, 0.15) is 6.92 Å². The van der Waals surface area contributed by atoms with Crippen LogP contribution in [-0.4, -0.2) is 58.0 Å². The Kier molecular flexibility index (Phi) is 3.08. The van der Waals surface area contributed by atoms with E-state index in [9.17, 15) is 0 Å². The lowest BCUT2D eigenvalue weighted by molar-refractivity contribution is -0.179. The third kappa shape index (κ3) is 1.45. The average Bonchev–Trinajstić information content (AvgIpc) is 2.66. The number of methoxy groups -OCH3 is 2. The van der Waals surface area contributed by atoms with Gasteiger partial charge in [-0.1, -0.05) is 6.82 Å². The highest BCUT2D eigenvalue weighted by Crippen LogP contribution is 2.45. The molecule has 0 saturated carbocycles. The van der Waals surface area contributed by atoms with E-state index in [1.807, 2.05) is 6.92 Å². The van der Waals surface area contributed by atoms with Gasteiger partial charge in [0, 0.05) is 14.2 Å². The smallest absolute Gasteiger partial charge is 0.158 e. The fraction of sp³-hybridized carbons (Fsp3) is 1.00. The molecule has 15 heavy (non-hydrogen) atoms. The largest absolute Gasteiger partial charge is 0.381 e. The summed E-state index contributed by atoms with van der Waals surface area (Å²) in [5, 5.41) is 0. The molecule has 2 fully saturated rings. The molecule has 0 N–H and O–H groups in total. The Balaban J connectivity index is 2.24. The van der Waals surface area contributed by atoms with Gasteiger partial charge in [0.05, 0.1) is 18.7 Å². The van der Waals surface area contributed by atoms with Gasteiger partial charge < -0.3 is 18.9 Å². The van der Waals surface area contributed by atoms with E-state index >= 15 is 0 Å². The highest BCUT2D eigenvalue weighted by molar-refractivity contribution is 6.35. The zero-order chi connectivity index (χ0) is 11.1. The third-order valence-corrected chi connectivity index (χ3v) is 3.59. The molecule has 2 heterocycles. The first-order valence-corrected chi connectivity index (χ1v) is 5.54. The molecule has 5 heteroatoms. The monoisotopic (exact) mass is 214 g/mol. The molecule has 5 unspecified atom stereocenters. The van der Waals surface area contributed by atoms with E-state index < -0.39 is 5.60 Å². The second kappa shape index (κ2) is 4.05. The van der Waals surface area contributed by atoms with E-state index in [1.54, 1.807) is 14.2 Å². The maximum absolute atomic E-state index is 6.08. The number of ether oxygens (including phenoxy) is 4. The Hall–Kier alpha value is -0.0951. The van der Waals surface area contributed by atoms with Crippen LogP contribution in [0, 0.1) is 0 Å². The Bertz CT molecular complexity index is 237. The summed E-state index contributed by atoms with van der Waals surface area (Å²) in [5.74, 6) is 0. The summed E-state index contributed by atoms with van der Waals surface area (Å²) in [4.78, 5) is 0. The van der Waals surface area contributed by atoms with Gasteiger partial charge in [0.25, 0.3) is 0 Å². The van der Waals surface area contributed by atoms with Crippen molar-refractivity contribution >= 4 is 7.28 Å². The molecular formula is C10H19BO4. The lowest BCUT2D eigenvalue weighted by Gasteiger charge is -2.35. The second-order valence-electron chi connectivity index (χ2n) is 4.35. The van der Waals surface area contributed by atoms with Crippen molar-refractivity contribution in [2.24, 2.45) is 0 Å². The topological polar surface area (TPSA) is 36.9 Å². The van der Waals surface area contributed by atoms with Crippen molar-refractivity contribution in [2.45, 2.75) is 43.7 Å². The Morgan fingerprint density at radius 1 is 1.40 bits per heavy atom. The molecule has 2 bridgehead atoms. The Morgan fingerprint density at radius 2 is 2.13 bits per heavy atom. The van der Waals surface area contributed by atoms with Crippen molar-refractivity contribution in [1.29, 1.82) is 0 Å². The number of rotatable bonds is 4. The van der Waals surface area contributed by atoms with Crippen molar-refractivity contribution < 1.29 is 18.9 Å². The van der Waals surface area contributed by atoms with Gasteiger partial charge in [-0.15, -0.1) is 0 Å². The van der Waals surface area contributed by atoms with E-state index in [0.717, 1.165) is 7.28 Å². The van der Waals surface area contributed by atoms with Crippen LogP contribution < -0.4 is 0 Å². The van der Waals surface area contributed by atoms with Gasteiger partial charge in [0.2, 0.25) is 0 Å². The van der Waals surface area contributed by atoms with E-state index in [0.29, 0.717) is 6.61 Å². The Morgan fingerprint density at radius 3 is 2.67 bits per heavy atom. The van der Waals surface area contributed by atoms with Crippen LogP contribution in [0.25, 0.3) is 0 Å². The quantitative estimate of drug-likeness (QED) is 0.618. The highest BCUT2D eigenvalue weighted by atomic mass is 16.7. The van der Waals surface area contributed by atoms with E-state index in [1.165, 1.54) is 0 Å². The zero-order valence-corrected chi connectivity index (χ0v) is 9.86. The van der Waals surface area contributed by atoms with Gasteiger partial charge in [-0.05, 0) is 6.92 Å². The lowest BCUT2D eigenvalue weighted by atomic mass is 9.72. The van der Waals surface area contributed by atoms with Crippen LogP contribution in [-0.2, 0) is 18.9 Å². The summed E-state index contributed by atoms with van der Waals surface area (Å²) in [6.07, 6.45) is 0.0951. The highest BCUT2D eigenvalue weighted by Gasteiger charge is 2.65. The number of hydrogen-bond donors (Lipinski definition) is 0. The molecule has 0 aromatic carbocycles. The normalized spacial score (nSPS) is 48.5. The molecule has 4 nitrogen and oxygen atoms in total. The average molecular weight is 214 g/mol. The molecule has 0 spiro atoms. The van der Waals surface area contributed by atoms with Gasteiger partial charge in [0.15, 0.2) is 7.28 Å². The maximum atomic E-state index is 6.08. The van der Waals surface area contributed by atoms with E-state index in [-0.39, 0.29) is 24.3 Å². The van der Waals surface area contributed by atoms with Crippen molar-refractivity contribution in [3.63, 3.8) is 0 Å². The first-order chi connectivity index (χ1) is 7.19. The van der Waals surface area contributed by atoms with E-state index in [4.69, 9.17) is 18.9 Å². The van der Waals surface area contributed by atoms with Crippen molar-refractivity contribution in [3.05, 3.63) is 0 Å². The second-order valence-corrected chi connectivity index (χ2v) is 4.35. The minimum absolute atomic E-state index is 0.00241. The molecule has 2 aliphatic rings. The van der Waals surface area contributed by atoms with Gasteiger partial charge in [-0.25, -0.2) is 0 Å². The summed E-state index contributed by atoms with van der Waals surface area (Å²) in [7, 11) is 4.34. The zero-order valence-electron chi connectivity index (χ0n) is 9.86. The van der Waals surface area contributed by atoms with E-state index in [2.05, 4.69) is 6.82 Å². The number of fused-ring (bicyclic) bond motifs is 2. The molecule has 5 atom stereocenters. The van der Waals surface area contributed by atoms with Crippen LogP contribution in [0.4, 0.5) is 0 Å². The van der Waals surface area contributed by atoms with Gasteiger partial charge in [-0.2, -0.15) is 0 Å². The maximum Gasteiger partial charge on any atom is 0.158 e. The minimum atomic E-state index is -0.408. The first-order valence-electron chi connectivity index (χ1n) is 5.54. The lowest BCUT2D eigenvalue weighted by Crippen LogP contribution is -2.51. The molecule has 0 amide bonds. The fourth-order valence-electron chi connectivity index (χ4n) is 2.83. The van der Waals surface area contributed by atoms with Crippen LogP contribution in [0.5, 0.6) is 0 Å². The van der Waals surface area contributed by atoms with Gasteiger partial charge in [-0.3, -0.25) is 0 Å². The molecule has 0 radical (unpaired) electrons. The fourth-order valence-corrected chi connectivity index (χ4v) is 2.83. The predicted molar refractivity (Wildman–Crippen MR) is 57.6 cm³/mol. The van der Waals surface area contributed by atoms with Crippen molar-refractivity contribution in [3.8, 4) is 0 Å². The van der Waals surface area contributed by atoms with Crippen LogP contribution in [0.2, 0.25) is 6.82 Å². The molecule has 0 aromatic heterocycles. The minimum Gasteiger partial charge on any atom is -0.381 e. The Labute approximate surface area is 91.5 Å². The van der Waals surface area contributed by atoms with Crippen molar-refractivity contribution in [2.75, 3.05) is 20.8 Å². The molecular weight excluding hydrogens is 195 g/mol. The molecule has 2 aliphatic heterocycles. The SMILES string of the molecule is CBC1OC2(COC)C(C)OC1C2OC. The summed E-state index contributed by atoms with van der Waals surface area (Å²) in [6, 6.07) is 0.140. The number of hydrogen-bond acceptors (Lipinski definition) is 4. The molecule has 0 aliphatic carbocycles. The predicted octanol–water partition coefficient (Wildman–Crippen LogP) is 0.0148. The summed E-state index contributed by atoms with van der Waals surface area (Å²) in [5.41, 5.74) is -0.408. The summed E-state index contributed by atoms with van der Waals surface area (Å²) >= 11 is 0. The van der Waals surface area contributed by atoms with Crippen LogP contribution in [0.15, 0.2) is 0 Å². The molecule has 2 saturated heterocycles. The first kappa shape index (κ1) is 11.4. The standard InChI is InChI=1S/C10H19BO4/c1-6-10(5-12-3)8(13-4)7(14-6)9(11-2)15-10/h6-9,11H,5H2,1-4H3. The van der Waals surface area contributed by atoms with Gasteiger partial charge in [0.1, 0.15) is 17.8 Å². The van der Waals surface area contributed by atoms with Gasteiger partial charge >= 0.3 is 0 Å². The molecule has 86 valence electrons. The van der Waals surface area contributed by atoms with Crippen LogP contribution in [0.3, 0.4) is 0 Å². The van der Waals surface area contributed by atoms with Crippen LogP contribution >= 0.6 is 0 Å².